The van der Waals surface area contributed by atoms with E-state index >= 15 is 0 Å². The summed E-state index contributed by atoms with van der Waals surface area (Å²) in [6, 6.07) is 16.6. The van der Waals surface area contributed by atoms with Crippen LogP contribution >= 0.6 is 0 Å². The van der Waals surface area contributed by atoms with E-state index in [1.807, 2.05) is 30.3 Å². The quantitative estimate of drug-likeness (QED) is 0.658. The number of rotatable bonds is 9. The fourth-order valence-corrected chi connectivity index (χ4v) is 3.05. The van der Waals surface area contributed by atoms with Gasteiger partial charge in [0, 0.05) is 13.2 Å². The molecule has 0 spiro atoms. The highest BCUT2D eigenvalue weighted by Gasteiger charge is 2.19. The summed E-state index contributed by atoms with van der Waals surface area (Å²) in [6.07, 6.45) is 2.07. The van der Waals surface area contributed by atoms with Crippen LogP contribution in [0.15, 0.2) is 54.6 Å². The average molecular weight is 397 g/mol. The number of hydrogen-bond acceptors (Lipinski definition) is 5. The number of nitrogens with one attached hydrogen (secondary N) is 1. The molecular weight excluding hydrogens is 370 g/mol. The van der Waals surface area contributed by atoms with E-state index in [4.69, 9.17) is 14.2 Å². The number of amides is 1. The maximum atomic E-state index is 12.3. The molecule has 0 aliphatic carbocycles. The van der Waals surface area contributed by atoms with E-state index in [1.54, 1.807) is 31.2 Å². The van der Waals surface area contributed by atoms with E-state index in [9.17, 15) is 9.59 Å². The Morgan fingerprint density at radius 1 is 1.14 bits per heavy atom. The van der Waals surface area contributed by atoms with Crippen molar-refractivity contribution in [2.45, 2.75) is 38.4 Å². The highest BCUT2D eigenvalue weighted by molar-refractivity contribution is 5.92. The van der Waals surface area contributed by atoms with E-state index in [0.29, 0.717) is 24.5 Å². The summed E-state index contributed by atoms with van der Waals surface area (Å²) in [6.45, 7) is 3.34. The van der Waals surface area contributed by atoms with Gasteiger partial charge in [0.2, 0.25) is 0 Å². The lowest BCUT2D eigenvalue weighted by Gasteiger charge is -2.14. The number of benzene rings is 2. The van der Waals surface area contributed by atoms with Crippen molar-refractivity contribution in [3.63, 3.8) is 0 Å². The van der Waals surface area contributed by atoms with E-state index in [1.165, 1.54) is 0 Å². The van der Waals surface area contributed by atoms with Gasteiger partial charge >= 0.3 is 5.97 Å². The highest BCUT2D eigenvalue weighted by Crippen LogP contribution is 2.17. The van der Waals surface area contributed by atoms with Crippen LogP contribution in [-0.4, -0.2) is 43.8 Å². The largest absolute Gasteiger partial charge is 0.491 e. The van der Waals surface area contributed by atoms with Gasteiger partial charge in [0.1, 0.15) is 12.4 Å². The number of esters is 1. The molecule has 154 valence electrons. The first-order valence-corrected chi connectivity index (χ1v) is 9.99. The van der Waals surface area contributed by atoms with Gasteiger partial charge < -0.3 is 19.5 Å². The fourth-order valence-electron chi connectivity index (χ4n) is 3.05. The lowest BCUT2D eigenvalue weighted by Crippen LogP contribution is -2.36. The summed E-state index contributed by atoms with van der Waals surface area (Å²) < 4.78 is 16.5. The first kappa shape index (κ1) is 20.9. The molecule has 2 atom stereocenters. The Hall–Kier alpha value is -2.86. The zero-order chi connectivity index (χ0) is 20.5. The van der Waals surface area contributed by atoms with Crippen LogP contribution in [0.1, 0.15) is 35.7 Å². The summed E-state index contributed by atoms with van der Waals surface area (Å²) in [7, 11) is 0. The zero-order valence-corrected chi connectivity index (χ0v) is 16.6. The van der Waals surface area contributed by atoms with Gasteiger partial charge in [-0.1, -0.05) is 30.3 Å². The van der Waals surface area contributed by atoms with Crippen molar-refractivity contribution in [1.29, 1.82) is 0 Å². The van der Waals surface area contributed by atoms with Gasteiger partial charge in [-0.3, -0.25) is 4.79 Å². The van der Waals surface area contributed by atoms with Gasteiger partial charge in [-0.25, -0.2) is 4.79 Å². The molecular formula is C23H27NO5. The number of hydrogen-bond donors (Lipinski definition) is 1. The number of carbonyl (C=O) groups excluding carboxylic acids is 2. The van der Waals surface area contributed by atoms with Crippen LogP contribution in [0.25, 0.3) is 0 Å². The SMILES string of the molecule is C[C@@H](OC(=O)c1ccc(OC[C@H]2CCCO2)cc1)C(=O)NCCc1ccccc1. The second-order valence-corrected chi connectivity index (χ2v) is 7.04. The molecule has 0 radical (unpaired) electrons. The molecule has 1 amide bonds. The van der Waals surface area contributed by atoms with Crippen LogP contribution in [0, 0.1) is 0 Å². The molecule has 1 saturated heterocycles. The molecule has 29 heavy (non-hydrogen) atoms. The van der Waals surface area contributed by atoms with Gasteiger partial charge in [-0.05, 0) is 56.0 Å². The Balaban J connectivity index is 1.40. The van der Waals surface area contributed by atoms with Gasteiger partial charge in [0.25, 0.3) is 5.91 Å². The first-order chi connectivity index (χ1) is 14.1. The molecule has 1 N–H and O–H groups in total. The Morgan fingerprint density at radius 3 is 2.59 bits per heavy atom. The number of carbonyl (C=O) groups is 2. The third kappa shape index (κ3) is 6.61. The molecule has 1 fully saturated rings. The predicted octanol–water partition coefficient (Wildman–Crippen LogP) is 3.15. The Morgan fingerprint density at radius 2 is 1.90 bits per heavy atom. The van der Waals surface area contributed by atoms with E-state index in [2.05, 4.69) is 5.32 Å². The van der Waals surface area contributed by atoms with Crippen LogP contribution < -0.4 is 10.1 Å². The summed E-state index contributed by atoms with van der Waals surface area (Å²) in [5, 5.41) is 2.79. The predicted molar refractivity (Wildman–Crippen MR) is 109 cm³/mol. The summed E-state index contributed by atoms with van der Waals surface area (Å²) in [4.78, 5) is 24.4. The Kier molecular flexibility index (Phi) is 7.64. The second-order valence-electron chi connectivity index (χ2n) is 7.04. The molecule has 0 unspecified atom stereocenters. The molecule has 1 aliphatic rings. The standard InChI is InChI=1S/C23H27NO5/c1-17(22(25)24-14-13-18-6-3-2-4-7-18)29-23(26)19-9-11-20(12-10-19)28-16-21-8-5-15-27-21/h2-4,6-7,9-12,17,21H,5,8,13-16H2,1H3,(H,24,25)/t17-,21-/m1/s1. The molecule has 2 aromatic rings. The van der Waals surface area contributed by atoms with Crippen LogP contribution in [0.4, 0.5) is 0 Å². The Labute approximate surface area is 171 Å². The molecule has 0 saturated carbocycles. The van der Waals surface area contributed by atoms with Crippen LogP contribution in [0.5, 0.6) is 5.75 Å². The van der Waals surface area contributed by atoms with Crippen molar-refractivity contribution in [1.82, 2.24) is 5.32 Å². The van der Waals surface area contributed by atoms with E-state index in [-0.39, 0.29) is 12.0 Å². The third-order valence-corrected chi connectivity index (χ3v) is 4.76. The minimum absolute atomic E-state index is 0.140. The van der Waals surface area contributed by atoms with Gasteiger partial charge in [-0.2, -0.15) is 0 Å². The smallest absolute Gasteiger partial charge is 0.338 e. The molecule has 2 aromatic carbocycles. The number of ether oxygens (including phenoxy) is 3. The third-order valence-electron chi connectivity index (χ3n) is 4.76. The normalized spacial score (nSPS) is 16.8. The topological polar surface area (TPSA) is 73.9 Å². The second kappa shape index (κ2) is 10.6. The molecule has 6 nitrogen and oxygen atoms in total. The minimum Gasteiger partial charge on any atom is -0.491 e. The zero-order valence-electron chi connectivity index (χ0n) is 16.6. The minimum atomic E-state index is -0.867. The monoisotopic (exact) mass is 397 g/mol. The Bertz CT molecular complexity index is 785. The first-order valence-electron chi connectivity index (χ1n) is 9.99. The van der Waals surface area contributed by atoms with E-state index in [0.717, 1.165) is 31.4 Å². The molecule has 1 heterocycles. The van der Waals surface area contributed by atoms with Crippen molar-refractivity contribution >= 4 is 11.9 Å². The molecule has 1 aliphatic heterocycles. The van der Waals surface area contributed by atoms with Crippen molar-refractivity contribution in [3.05, 3.63) is 65.7 Å². The highest BCUT2D eigenvalue weighted by atomic mass is 16.5. The maximum Gasteiger partial charge on any atom is 0.338 e. The van der Waals surface area contributed by atoms with Crippen LogP contribution in [-0.2, 0) is 20.7 Å². The van der Waals surface area contributed by atoms with Crippen molar-refractivity contribution < 1.29 is 23.8 Å². The summed E-state index contributed by atoms with van der Waals surface area (Å²) >= 11 is 0. The molecule has 3 rings (SSSR count). The van der Waals surface area contributed by atoms with Gasteiger partial charge in [-0.15, -0.1) is 0 Å². The van der Waals surface area contributed by atoms with Crippen molar-refractivity contribution in [3.8, 4) is 5.75 Å². The summed E-state index contributed by atoms with van der Waals surface area (Å²) in [5.74, 6) is -0.184. The average Bonchev–Trinajstić information content (AvgIpc) is 3.27. The molecule has 0 bridgehead atoms. The fraction of sp³-hybridized carbons (Fsp3) is 0.391. The molecule has 6 heteroatoms. The van der Waals surface area contributed by atoms with E-state index < -0.39 is 12.1 Å². The lowest BCUT2D eigenvalue weighted by atomic mass is 10.1. The van der Waals surface area contributed by atoms with Gasteiger partial charge in [0.05, 0.1) is 11.7 Å². The van der Waals surface area contributed by atoms with Crippen molar-refractivity contribution in [2.24, 2.45) is 0 Å². The van der Waals surface area contributed by atoms with Crippen LogP contribution in [0.3, 0.4) is 0 Å². The maximum absolute atomic E-state index is 12.3. The van der Waals surface area contributed by atoms with Gasteiger partial charge in [0.15, 0.2) is 6.10 Å². The van der Waals surface area contributed by atoms with Crippen molar-refractivity contribution in [2.75, 3.05) is 19.8 Å². The molecule has 0 aromatic heterocycles. The summed E-state index contributed by atoms with van der Waals surface area (Å²) in [5.41, 5.74) is 1.51. The van der Waals surface area contributed by atoms with Crippen LogP contribution in [0.2, 0.25) is 0 Å². The lowest BCUT2D eigenvalue weighted by molar-refractivity contribution is -0.129.